The molecule has 2 heterocycles. The molecule has 1 aliphatic rings. The van der Waals surface area contributed by atoms with Gasteiger partial charge in [0.15, 0.2) is 0 Å². The normalized spacial score (nSPS) is 24.6. The van der Waals surface area contributed by atoms with Gasteiger partial charge in [-0.15, -0.1) is 0 Å². The Morgan fingerprint density at radius 2 is 2.05 bits per heavy atom. The van der Waals surface area contributed by atoms with Crippen molar-refractivity contribution in [3.63, 3.8) is 0 Å². The molecular formula is C15H24N4O2. The minimum Gasteiger partial charge on any atom is -0.373 e. The van der Waals surface area contributed by atoms with E-state index in [1.165, 1.54) is 6.20 Å². The minimum absolute atomic E-state index is 0.177. The second kappa shape index (κ2) is 6.95. The number of aromatic nitrogens is 2. The molecule has 21 heavy (non-hydrogen) atoms. The van der Waals surface area contributed by atoms with Crippen LogP contribution < -0.4 is 5.32 Å². The van der Waals surface area contributed by atoms with Crippen LogP contribution in [0.2, 0.25) is 0 Å². The van der Waals surface area contributed by atoms with Crippen molar-refractivity contribution in [2.45, 2.75) is 45.9 Å². The summed E-state index contributed by atoms with van der Waals surface area (Å²) in [5.74, 6) is -0.177. The maximum Gasteiger partial charge on any atom is 0.271 e. The van der Waals surface area contributed by atoms with Crippen molar-refractivity contribution in [3.05, 3.63) is 23.8 Å². The summed E-state index contributed by atoms with van der Waals surface area (Å²) in [6.07, 6.45) is 3.57. The lowest BCUT2D eigenvalue weighted by Gasteiger charge is -2.38. The summed E-state index contributed by atoms with van der Waals surface area (Å²) in [6.45, 7) is 10.5. The van der Waals surface area contributed by atoms with Gasteiger partial charge in [0.05, 0.1) is 24.1 Å². The summed E-state index contributed by atoms with van der Waals surface area (Å²) >= 11 is 0. The van der Waals surface area contributed by atoms with E-state index in [1.807, 2.05) is 6.92 Å². The van der Waals surface area contributed by atoms with Crippen molar-refractivity contribution in [2.24, 2.45) is 0 Å². The van der Waals surface area contributed by atoms with Crippen LogP contribution in [0.4, 0.5) is 0 Å². The lowest BCUT2D eigenvalue weighted by molar-refractivity contribution is -0.0778. The van der Waals surface area contributed by atoms with Gasteiger partial charge in [0, 0.05) is 31.9 Å². The number of carbonyl (C=O) groups is 1. The second-order valence-electron chi connectivity index (χ2n) is 5.81. The Morgan fingerprint density at radius 1 is 1.38 bits per heavy atom. The topological polar surface area (TPSA) is 67.4 Å². The Hall–Kier alpha value is -1.53. The zero-order valence-electron chi connectivity index (χ0n) is 13.2. The van der Waals surface area contributed by atoms with Crippen LogP contribution in [0.5, 0.6) is 0 Å². The highest BCUT2D eigenvalue weighted by molar-refractivity contribution is 5.91. The predicted molar refractivity (Wildman–Crippen MR) is 80.1 cm³/mol. The summed E-state index contributed by atoms with van der Waals surface area (Å²) in [4.78, 5) is 22.5. The maximum absolute atomic E-state index is 12.0. The van der Waals surface area contributed by atoms with Crippen LogP contribution in [0.3, 0.4) is 0 Å². The third-order valence-corrected chi connectivity index (χ3v) is 3.64. The summed E-state index contributed by atoms with van der Waals surface area (Å²) in [5, 5.41) is 2.92. The van der Waals surface area contributed by atoms with Crippen molar-refractivity contribution in [1.29, 1.82) is 0 Å². The average Bonchev–Trinajstić information content (AvgIpc) is 2.44. The number of ether oxygens (including phenoxy) is 1. The first kappa shape index (κ1) is 15.9. The molecule has 6 heteroatoms. The van der Waals surface area contributed by atoms with Crippen LogP contribution in [-0.4, -0.2) is 58.7 Å². The van der Waals surface area contributed by atoms with Crippen molar-refractivity contribution in [3.8, 4) is 0 Å². The number of aryl methyl sites for hydroxylation is 1. The molecule has 3 atom stereocenters. The van der Waals surface area contributed by atoms with Gasteiger partial charge < -0.3 is 10.1 Å². The molecule has 0 bridgehead atoms. The van der Waals surface area contributed by atoms with E-state index in [9.17, 15) is 4.79 Å². The lowest BCUT2D eigenvalue weighted by Crippen LogP contribution is -2.52. The molecule has 1 aromatic rings. The van der Waals surface area contributed by atoms with Crippen molar-refractivity contribution in [2.75, 3.05) is 19.6 Å². The maximum atomic E-state index is 12.0. The lowest BCUT2D eigenvalue weighted by atomic mass is 10.1. The fourth-order valence-corrected chi connectivity index (χ4v) is 2.55. The van der Waals surface area contributed by atoms with Crippen molar-refractivity contribution < 1.29 is 9.53 Å². The highest BCUT2D eigenvalue weighted by atomic mass is 16.5. The van der Waals surface area contributed by atoms with Gasteiger partial charge in [-0.25, -0.2) is 4.98 Å². The van der Waals surface area contributed by atoms with Crippen LogP contribution in [0.1, 0.15) is 37.0 Å². The molecule has 0 aromatic carbocycles. The molecule has 2 rings (SSSR count). The first-order valence-corrected chi connectivity index (χ1v) is 7.42. The molecule has 0 radical (unpaired) electrons. The monoisotopic (exact) mass is 292 g/mol. The summed E-state index contributed by atoms with van der Waals surface area (Å²) in [6, 6.07) is 0.265. The van der Waals surface area contributed by atoms with Gasteiger partial charge in [-0.1, -0.05) is 0 Å². The van der Waals surface area contributed by atoms with Crippen LogP contribution in [0.25, 0.3) is 0 Å². The highest BCUT2D eigenvalue weighted by Gasteiger charge is 2.25. The highest BCUT2D eigenvalue weighted by Crippen LogP contribution is 2.13. The van der Waals surface area contributed by atoms with E-state index < -0.39 is 0 Å². The smallest absolute Gasteiger partial charge is 0.271 e. The van der Waals surface area contributed by atoms with Crippen LogP contribution >= 0.6 is 0 Å². The van der Waals surface area contributed by atoms with Crippen molar-refractivity contribution >= 4 is 5.91 Å². The quantitative estimate of drug-likeness (QED) is 0.897. The second-order valence-corrected chi connectivity index (χ2v) is 5.81. The first-order valence-electron chi connectivity index (χ1n) is 7.42. The number of rotatable bonds is 4. The summed E-state index contributed by atoms with van der Waals surface area (Å²) < 4.78 is 5.73. The van der Waals surface area contributed by atoms with Gasteiger partial charge in [-0.2, -0.15) is 0 Å². The van der Waals surface area contributed by atoms with E-state index in [-0.39, 0.29) is 24.2 Å². The number of hydrogen-bond acceptors (Lipinski definition) is 5. The number of nitrogens with one attached hydrogen (secondary N) is 1. The fourth-order valence-electron chi connectivity index (χ4n) is 2.55. The minimum atomic E-state index is -0.177. The predicted octanol–water partition coefficient (Wildman–Crippen LogP) is 1.01. The first-order chi connectivity index (χ1) is 9.95. The molecule has 1 fully saturated rings. The third-order valence-electron chi connectivity index (χ3n) is 3.64. The molecule has 1 aliphatic heterocycles. The average molecular weight is 292 g/mol. The van der Waals surface area contributed by atoms with E-state index >= 15 is 0 Å². The molecular weight excluding hydrogens is 268 g/mol. The Kier molecular flexibility index (Phi) is 5.25. The van der Waals surface area contributed by atoms with E-state index in [0.717, 1.165) is 18.8 Å². The standard InChI is InChI=1S/C15H24N4O2/c1-10-5-17-14(7-16-10)15(20)18-6-11(2)19-8-12(3)21-13(4)9-19/h5,7,11-13H,6,8-9H2,1-4H3,(H,18,20)/t11-,12-,13+/m1/s1. The van der Waals surface area contributed by atoms with Crippen LogP contribution in [-0.2, 0) is 4.74 Å². The van der Waals surface area contributed by atoms with Gasteiger partial charge >= 0.3 is 0 Å². The molecule has 1 saturated heterocycles. The largest absolute Gasteiger partial charge is 0.373 e. The summed E-state index contributed by atoms with van der Waals surface area (Å²) in [7, 11) is 0. The molecule has 6 nitrogen and oxygen atoms in total. The Labute approximate surface area is 125 Å². The number of nitrogens with zero attached hydrogens (tertiary/aromatic N) is 3. The molecule has 0 spiro atoms. The molecule has 0 saturated carbocycles. The van der Waals surface area contributed by atoms with E-state index in [4.69, 9.17) is 4.74 Å². The number of carbonyl (C=O) groups excluding carboxylic acids is 1. The molecule has 1 amide bonds. The number of morpholine rings is 1. The molecule has 0 unspecified atom stereocenters. The zero-order valence-corrected chi connectivity index (χ0v) is 13.2. The van der Waals surface area contributed by atoms with Crippen LogP contribution in [0.15, 0.2) is 12.4 Å². The van der Waals surface area contributed by atoms with Gasteiger partial charge in [0.2, 0.25) is 0 Å². The fraction of sp³-hybridized carbons (Fsp3) is 0.667. The third kappa shape index (κ3) is 4.47. The Balaban J connectivity index is 1.84. The van der Waals surface area contributed by atoms with Gasteiger partial charge in [0.1, 0.15) is 5.69 Å². The summed E-state index contributed by atoms with van der Waals surface area (Å²) in [5.41, 5.74) is 1.16. The molecule has 0 aliphatic carbocycles. The number of amides is 1. The van der Waals surface area contributed by atoms with Crippen molar-refractivity contribution in [1.82, 2.24) is 20.2 Å². The zero-order chi connectivity index (χ0) is 15.4. The van der Waals surface area contributed by atoms with Gasteiger partial charge in [-0.05, 0) is 27.7 Å². The molecule has 1 N–H and O–H groups in total. The Morgan fingerprint density at radius 3 is 2.62 bits per heavy atom. The van der Waals surface area contributed by atoms with E-state index in [2.05, 4.69) is 41.0 Å². The van der Waals surface area contributed by atoms with E-state index in [0.29, 0.717) is 12.2 Å². The molecule has 116 valence electrons. The van der Waals surface area contributed by atoms with Crippen LogP contribution in [0, 0.1) is 6.92 Å². The number of hydrogen-bond donors (Lipinski definition) is 1. The van der Waals surface area contributed by atoms with E-state index in [1.54, 1.807) is 6.20 Å². The Bertz CT molecular complexity index is 467. The van der Waals surface area contributed by atoms with Gasteiger partial charge in [-0.3, -0.25) is 14.7 Å². The SMILES string of the molecule is Cc1cnc(C(=O)NC[C@@H](C)N2C[C@@H](C)O[C@@H](C)C2)cn1. The van der Waals surface area contributed by atoms with Gasteiger partial charge in [0.25, 0.3) is 5.91 Å². The molecule has 1 aromatic heterocycles.